The van der Waals surface area contributed by atoms with Crippen molar-refractivity contribution in [3.63, 3.8) is 0 Å². The van der Waals surface area contributed by atoms with Crippen LogP contribution in [0.2, 0.25) is 0 Å². The number of nitrogens with zero attached hydrogens (tertiary/aromatic N) is 3. The van der Waals surface area contributed by atoms with E-state index in [0.29, 0.717) is 19.6 Å². The highest BCUT2D eigenvalue weighted by molar-refractivity contribution is 5.81. The van der Waals surface area contributed by atoms with E-state index in [0.717, 1.165) is 22.7 Å². The summed E-state index contributed by atoms with van der Waals surface area (Å²) in [6.07, 6.45) is 2.03. The van der Waals surface area contributed by atoms with Crippen LogP contribution in [-0.4, -0.2) is 51.1 Å². The number of aromatic nitrogens is 2. The van der Waals surface area contributed by atoms with Gasteiger partial charge in [0, 0.05) is 24.7 Å². The Morgan fingerprint density at radius 2 is 2.11 bits per heavy atom. The number of hydrogen-bond donors (Lipinski definition) is 1. The summed E-state index contributed by atoms with van der Waals surface area (Å²) < 4.78 is 7.70. The maximum Gasteiger partial charge on any atom is 0.312 e. The predicted molar refractivity (Wildman–Crippen MR) is 97.5 cm³/mol. The van der Waals surface area contributed by atoms with Gasteiger partial charge in [-0.3, -0.25) is 9.59 Å². The summed E-state index contributed by atoms with van der Waals surface area (Å²) in [5.74, 6) is -0.442. The van der Waals surface area contributed by atoms with Crippen molar-refractivity contribution in [3.8, 4) is 5.75 Å². The van der Waals surface area contributed by atoms with Crippen LogP contribution in [-0.2, 0) is 22.6 Å². The Morgan fingerprint density at radius 3 is 2.81 bits per heavy atom. The Bertz CT molecular complexity index is 906. The van der Waals surface area contributed by atoms with Crippen molar-refractivity contribution in [2.45, 2.75) is 26.8 Å². The number of carboxylic acid groups (broad SMARTS) is 1. The Kier molecular flexibility index (Phi) is 4.17. The van der Waals surface area contributed by atoms with Crippen LogP contribution in [0.5, 0.6) is 5.75 Å². The molecule has 0 radical (unpaired) electrons. The summed E-state index contributed by atoms with van der Waals surface area (Å²) in [5.41, 5.74) is 1.71. The average Bonchev–Trinajstić information content (AvgIpc) is 3.12. The fourth-order valence-electron chi connectivity index (χ4n) is 4.17. The molecule has 1 amide bonds. The van der Waals surface area contributed by atoms with Gasteiger partial charge in [-0.05, 0) is 31.9 Å². The van der Waals surface area contributed by atoms with Gasteiger partial charge >= 0.3 is 5.97 Å². The van der Waals surface area contributed by atoms with Crippen molar-refractivity contribution in [1.82, 2.24) is 14.5 Å². The molecule has 27 heavy (non-hydrogen) atoms. The van der Waals surface area contributed by atoms with Gasteiger partial charge < -0.3 is 19.3 Å². The van der Waals surface area contributed by atoms with Crippen molar-refractivity contribution in [1.29, 1.82) is 0 Å². The number of fused-ring (bicyclic) bond motifs is 2. The number of carbonyl (C=O) groups is 2. The van der Waals surface area contributed by atoms with Crippen LogP contribution in [0.3, 0.4) is 0 Å². The molecule has 1 aromatic carbocycles. The second-order valence-electron chi connectivity index (χ2n) is 7.57. The highest BCUT2D eigenvalue weighted by atomic mass is 16.5. The van der Waals surface area contributed by atoms with Crippen molar-refractivity contribution in [3.05, 3.63) is 47.5 Å². The van der Waals surface area contributed by atoms with Crippen molar-refractivity contribution in [2.24, 2.45) is 11.3 Å². The summed E-state index contributed by atoms with van der Waals surface area (Å²) in [6.45, 7) is 4.90. The summed E-state index contributed by atoms with van der Waals surface area (Å²) in [5, 5.41) is 10.1. The van der Waals surface area contributed by atoms with Crippen LogP contribution in [0.15, 0.2) is 30.6 Å². The SMILES string of the molecule is Cc1ncn(CC(=O)N2C[C@H]3COc4ccccc4C[C@@]3(C(=O)O)C2)c1C. The normalized spacial score (nSPS) is 23.9. The van der Waals surface area contributed by atoms with E-state index in [9.17, 15) is 14.7 Å². The summed E-state index contributed by atoms with van der Waals surface area (Å²) in [6, 6.07) is 7.56. The largest absolute Gasteiger partial charge is 0.493 e. The highest BCUT2D eigenvalue weighted by Crippen LogP contribution is 2.44. The molecule has 142 valence electrons. The number of imidazole rings is 1. The van der Waals surface area contributed by atoms with Gasteiger partial charge in [0.2, 0.25) is 5.91 Å². The zero-order chi connectivity index (χ0) is 19.2. The zero-order valence-electron chi connectivity index (χ0n) is 15.5. The van der Waals surface area contributed by atoms with E-state index >= 15 is 0 Å². The smallest absolute Gasteiger partial charge is 0.312 e. The van der Waals surface area contributed by atoms with Gasteiger partial charge in [0.1, 0.15) is 12.3 Å². The van der Waals surface area contributed by atoms with E-state index in [-0.39, 0.29) is 24.9 Å². The average molecular weight is 369 g/mol. The molecule has 7 heteroatoms. The molecule has 2 aliphatic heterocycles. The van der Waals surface area contributed by atoms with Gasteiger partial charge in [-0.1, -0.05) is 18.2 Å². The van der Waals surface area contributed by atoms with Gasteiger partial charge in [0.05, 0.1) is 24.0 Å². The topological polar surface area (TPSA) is 84.7 Å². The van der Waals surface area contributed by atoms with E-state index in [1.165, 1.54) is 0 Å². The van der Waals surface area contributed by atoms with E-state index in [2.05, 4.69) is 4.98 Å². The number of aliphatic carboxylic acids is 1. The molecule has 0 spiro atoms. The molecule has 1 N–H and O–H groups in total. The van der Waals surface area contributed by atoms with Gasteiger partial charge in [-0.2, -0.15) is 0 Å². The summed E-state index contributed by atoms with van der Waals surface area (Å²) in [7, 11) is 0. The van der Waals surface area contributed by atoms with Crippen LogP contribution in [0.1, 0.15) is 17.0 Å². The maximum atomic E-state index is 12.9. The van der Waals surface area contributed by atoms with E-state index in [1.807, 2.05) is 42.7 Å². The first-order valence-corrected chi connectivity index (χ1v) is 9.11. The predicted octanol–water partition coefficient (Wildman–Crippen LogP) is 1.66. The lowest BCUT2D eigenvalue weighted by Gasteiger charge is -2.27. The minimum atomic E-state index is -1.01. The number of ether oxygens (including phenoxy) is 1. The Labute approximate surface area is 157 Å². The lowest BCUT2D eigenvalue weighted by atomic mass is 9.74. The summed E-state index contributed by atoms with van der Waals surface area (Å²) in [4.78, 5) is 31.1. The number of amides is 1. The van der Waals surface area contributed by atoms with Gasteiger partial charge in [-0.15, -0.1) is 0 Å². The molecule has 1 aromatic heterocycles. The first kappa shape index (κ1) is 17.6. The lowest BCUT2D eigenvalue weighted by Crippen LogP contribution is -2.42. The van der Waals surface area contributed by atoms with Crippen LogP contribution in [0.4, 0.5) is 0 Å². The first-order valence-electron chi connectivity index (χ1n) is 9.11. The summed E-state index contributed by atoms with van der Waals surface area (Å²) >= 11 is 0. The van der Waals surface area contributed by atoms with Gasteiger partial charge in [0.25, 0.3) is 0 Å². The highest BCUT2D eigenvalue weighted by Gasteiger charge is 2.55. The third-order valence-corrected chi connectivity index (χ3v) is 6.04. The second kappa shape index (κ2) is 6.40. The van der Waals surface area contributed by atoms with Crippen molar-refractivity contribution in [2.75, 3.05) is 19.7 Å². The van der Waals surface area contributed by atoms with Crippen LogP contribution in [0.25, 0.3) is 0 Å². The van der Waals surface area contributed by atoms with Crippen LogP contribution in [0, 0.1) is 25.2 Å². The van der Waals surface area contributed by atoms with Crippen LogP contribution < -0.4 is 4.74 Å². The molecule has 2 atom stereocenters. The lowest BCUT2D eigenvalue weighted by molar-refractivity contribution is -0.151. The third-order valence-electron chi connectivity index (χ3n) is 6.04. The van der Waals surface area contributed by atoms with Gasteiger partial charge in [-0.25, -0.2) is 4.98 Å². The number of benzene rings is 1. The molecule has 1 fully saturated rings. The van der Waals surface area contributed by atoms with E-state index < -0.39 is 11.4 Å². The molecule has 0 saturated carbocycles. The molecular weight excluding hydrogens is 346 g/mol. The standard InChI is InChI=1S/C20H23N3O4/c1-13-14(2)23(12-21-13)9-18(24)22-8-16-10-27-17-6-4-3-5-15(17)7-20(16,11-22)19(25)26/h3-6,12,16H,7-11H2,1-2H3,(H,25,26)/t16-,20+/m0/s1. The minimum Gasteiger partial charge on any atom is -0.493 e. The number of carboxylic acids is 1. The van der Waals surface area contributed by atoms with Crippen LogP contribution >= 0.6 is 0 Å². The fourth-order valence-corrected chi connectivity index (χ4v) is 4.17. The zero-order valence-corrected chi connectivity index (χ0v) is 15.5. The molecule has 7 nitrogen and oxygen atoms in total. The quantitative estimate of drug-likeness (QED) is 0.890. The van der Waals surface area contributed by atoms with Crippen molar-refractivity contribution < 1.29 is 19.4 Å². The molecule has 0 unspecified atom stereocenters. The molecule has 4 rings (SSSR count). The molecule has 3 heterocycles. The number of rotatable bonds is 3. The Balaban J connectivity index is 1.59. The third kappa shape index (κ3) is 2.87. The Morgan fingerprint density at radius 1 is 1.33 bits per heavy atom. The molecular formula is C20H23N3O4. The number of likely N-dealkylation sites (tertiary alicyclic amines) is 1. The Hall–Kier alpha value is -2.83. The van der Waals surface area contributed by atoms with E-state index in [4.69, 9.17) is 4.74 Å². The first-order chi connectivity index (χ1) is 12.9. The second-order valence-corrected chi connectivity index (χ2v) is 7.57. The molecule has 2 aliphatic rings. The maximum absolute atomic E-state index is 12.9. The molecule has 0 aliphatic carbocycles. The molecule has 1 saturated heterocycles. The number of aryl methyl sites for hydroxylation is 1. The number of carbonyl (C=O) groups excluding carboxylic acids is 1. The van der Waals surface area contributed by atoms with Gasteiger partial charge in [0.15, 0.2) is 0 Å². The monoisotopic (exact) mass is 369 g/mol. The minimum absolute atomic E-state index is 0.0857. The van der Waals surface area contributed by atoms with E-state index in [1.54, 1.807) is 11.2 Å². The molecule has 2 aromatic rings. The number of para-hydroxylation sites is 1. The number of hydrogen-bond acceptors (Lipinski definition) is 4. The molecule has 0 bridgehead atoms. The fraction of sp³-hybridized carbons (Fsp3) is 0.450. The van der Waals surface area contributed by atoms with Crippen molar-refractivity contribution >= 4 is 11.9 Å².